The maximum atomic E-state index is 11.9. The molecule has 0 heterocycles. The Morgan fingerprint density at radius 1 is 0.923 bits per heavy atom. The van der Waals surface area contributed by atoms with Crippen LogP contribution in [0.15, 0.2) is 42.5 Å². The number of hydrogen-bond acceptors (Lipinski definition) is 2. The van der Waals surface area contributed by atoms with Gasteiger partial charge in [0.05, 0.1) is 12.7 Å². The molecule has 0 spiro atoms. The van der Waals surface area contributed by atoms with Crippen LogP contribution < -0.4 is 0 Å². The molecule has 1 unspecified atom stereocenters. The predicted molar refractivity (Wildman–Crippen MR) is 107 cm³/mol. The first-order valence-corrected chi connectivity index (χ1v) is 9.49. The number of esters is 1. The Bertz CT molecular complexity index is 830. The lowest BCUT2D eigenvalue weighted by atomic mass is 9.62. The van der Waals surface area contributed by atoms with Crippen LogP contribution in [0.3, 0.4) is 0 Å². The number of carbonyl (C=O) groups excluding carboxylic acids is 1. The summed E-state index contributed by atoms with van der Waals surface area (Å²) >= 11 is 0. The first-order valence-electron chi connectivity index (χ1n) is 9.49. The molecule has 2 aromatic carbocycles. The van der Waals surface area contributed by atoms with E-state index in [0.29, 0.717) is 5.56 Å². The largest absolute Gasteiger partial charge is 0.465 e. The lowest BCUT2D eigenvalue weighted by Gasteiger charge is -2.42. The fraction of sp³-hybridized carbons (Fsp3) is 0.458. The second-order valence-corrected chi connectivity index (χ2v) is 8.91. The van der Waals surface area contributed by atoms with Gasteiger partial charge in [-0.25, -0.2) is 4.79 Å². The van der Waals surface area contributed by atoms with Gasteiger partial charge in [0.2, 0.25) is 0 Å². The molecule has 0 aromatic heterocycles. The standard InChI is InChI=1S/C24H30O2/c1-16(17-8-7-9-19(14-17)22(25)26-6)18-10-11-20-21(15-18)24(4,5)13-12-23(20,2)3/h7-11,14-16H,12-13H2,1-6H3. The van der Waals surface area contributed by atoms with Crippen molar-refractivity contribution in [1.29, 1.82) is 0 Å². The van der Waals surface area contributed by atoms with Crippen LogP contribution in [0.2, 0.25) is 0 Å². The van der Waals surface area contributed by atoms with Crippen LogP contribution in [0.4, 0.5) is 0 Å². The number of benzene rings is 2. The van der Waals surface area contributed by atoms with Crippen LogP contribution >= 0.6 is 0 Å². The molecular formula is C24H30O2. The van der Waals surface area contributed by atoms with Crippen LogP contribution in [-0.4, -0.2) is 13.1 Å². The van der Waals surface area contributed by atoms with E-state index in [1.54, 1.807) is 6.07 Å². The van der Waals surface area contributed by atoms with E-state index in [9.17, 15) is 4.79 Å². The first kappa shape index (κ1) is 18.7. The summed E-state index contributed by atoms with van der Waals surface area (Å²) in [6.45, 7) is 11.6. The van der Waals surface area contributed by atoms with Crippen molar-refractivity contribution < 1.29 is 9.53 Å². The molecule has 2 nitrogen and oxygen atoms in total. The predicted octanol–water partition coefficient (Wildman–Crippen LogP) is 5.97. The van der Waals surface area contributed by atoms with Crippen LogP contribution in [-0.2, 0) is 15.6 Å². The molecule has 3 rings (SSSR count). The summed E-state index contributed by atoms with van der Waals surface area (Å²) in [7, 11) is 1.42. The highest BCUT2D eigenvalue weighted by Crippen LogP contribution is 2.46. The van der Waals surface area contributed by atoms with Gasteiger partial charge in [-0.3, -0.25) is 0 Å². The van der Waals surface area contributed by atoms with Crippen LogP contribution in [0.1, 0.15) is 86.0 Å². The van der Waals surface area contributed by atoms with Gasteiger partial charge in [-0.1, -0.05) is 65.0 Å². The van der Waals surface area contributed by atoms with Crippen molar-refractivity contribution in [2.75, 3.05) is 7.11 Å². The Balaban J connectivity index is 2.02. The molecule has 2 aromatic rings. The Hall–Kier alpha value is -2.09. The van der Waals surface area contributed by atoms with Crippen molar-refractivity contribution in [2.24, 2.45) is 0 Å². The fourth-order valence-corrected chi connectivity index (χ4v) is 4.12. The van der Waals surface area contributed by atoms with Crippen molar-refractivity contribution in [3.63, 3.8) is 0 Å². The lowest BCUT2D eigenvalue weighted by molar-refractivity contribution is 0.0600. The molecule has 0 aliphatic heterocycles. The fourth-order valence-electron chi connectivity index (χ4n) is 4.12. The van der Waals surface area contributed by atoms with Gasteiger partial charge in [-0.15, -0.1) is 0 Å². The maximum Gasteiger partial charge on any atom is 0.337 e. The van der Waals surface area contributed by atoms with E-state index in [-0.39, 0.29) is 22.7 Å². The minimum Gasteiger partial charge on any atom is -0.465 e. The third-order valence-corrected chi connectivity index (χ3v) is 6.18. The van der Waals surface area contributed by atoms with Crippen LogP contribution in [0.5, 0.6) is 0 Å². The SMILES string of the molecule is COC(=O)c1cccc(C(C)c2ccc3c(c2)C(C)(C)CCC3(C)C)c1. The quantitative estimate of drug-likeness (QED) is 0.637. The van der Waals surface area contributed by atoms with Gasteiger partial charge in [0.1, 0.15) is 0 Å². The molecule has 0 bridgehead atoms. The minimum absolute atomic E-state index is 0.203. The van der Waals surface area contributed by atoms with Gasteiger partial charge in [0.15, 0.2) is 0 Å². The molecule has 138 valence electrons. The second kappa shape index (κ2) is 6.57. The minimum atomic E-state index is -0.285. The molecule has 0 amide bonds. The van der Waals surface area contributed by atoms with Gasteiger partial charge in [0.25, 0.3) is 0 Å². The van der Waals surface area contributed by atoms with Gasteiger partial charge in [-0.05, 0) is 58.1 Å². The average Bonchev–Trinajstić information content (AvgIpc) is 2.64. The monoisotopic (exact) mass is 350 g/mol. The van der Waals surface area contributed by atoms with E-state index >= 15 is 0 Å². The highest BCUT2D eigenvalue weighted by Gasteiger charge is 2.37. The van der Waals surface area contributed by atoms with Crippen LogP contribution in [0.25, 0.3) is 0 Å². The summed E-state index contributed by atoms with van der Waals surface area (Å²) < 4.78 is 4.86. The molecule has 0 N–H and O–H groups in total. The summed E-state index contributed by atoms with van der Waals surface area (Å²) in [4.78, 5) is 11.9. The van der Waals surface area contributed by atoms with E-state index in [4.69, 9.17) is 4.74 Å². The summed E-state index contributed by atoms with van der Waals surface area (Å²) in [5.74, 6) is -0.0573. The summed E-state index contributed by atoms with van der Waals surface area (Å²) in [5.41, 5.74) is 6.44. The Labute approximate surface area is 157 Å². The molecule has 2 heteroatoms. The molecule has 1 aliphatic rings. The molecule has 26 heavy (non-hydrogen) atoms. The number of hydrogen-bond donors (Lipinski definition) is 0. The third kappa shape index (κ3) is 3.30. The Morgan fingerprint density at radius 2 is 1.54 bits per heavy atom. The number of rotatable bonds is 3. The van der Waals surface area contributed by atoms with Crippen molar-refractivity contribution in [3.8, 4) is 0 Å². The lowest BCUT2D eigenvalue weighted by Crippen LogP contribution is -2.34. The number of carbonyl (C=O) groups is 1. The van der Waals surface area contributed by atoms with Crippen molar-refractivity contribution in [3.05, 3.63) is 70.3 Å². The zero-order chi connectivity index (χ0) is 19.1. The maximum absolute atomic E-state index is 11.9. The smallest absolute Gasteiger partial charge is 0.337 e. The van der Waals surface area contributed by atoms with Gasteiger partial charge >= 0.3 is 5.97 Å². The molecule has 0 fully saturated rings. The van der Waals surface area contributed by atoms with Gasteiger partial charge in [0, 0.05) is 5.92 Å². The van der Waals surface area contributed by atoms with Gasteiger partial charge < -0.3 is 4.74 Å². The van der Waals surface area contributed by atoms with E-state index in [0.717, 1.165) is 5.56 Å². The van der Waals surface area contributed by atoms with E-state index < -0.39 is 0 Å². The third-order valence-electron chi connectivity index (χ3n) is 6.18. The average molecular weight is 351 g/mol. The number of fused-ring (bicyclic) bond motifs is 1. The zero-order valence-electron chi connectivity index (χ0n) is 16.8. The normalized spacial score (nSPS) is 18.7. The van der Waals surface area contributed by atoms with Gasteiger partial charge in [-0.2, -0.15) is 0 Å². The van der Waals surface area contributed by atoms with E-state index in [2.05, 4.69) is 58.9 Å². The van der Waals surface area contributed by atoms with Crippen molar-refractivity contribution in [1.82, 2.24) is 0 Å². The summed E-state index contributed by atoms with van der Waals surface area (Å²) in [6, 6.07) is 14.8. The molecular weight excluding hydrogens is 320 g/mol. The number of ether oxygens (including phenoxy) is 1. The van der Waals surface area contributed by atoms with Crippen molar-refractivity contribution >= 4 is 5.97 Å². The van der Waals surface area contributed by atoms with Crippen LogP contribution in [0, 0.1) is 0 Å². The van der Waals surface area contributed by atoms with E-state index in [1.807, 2.05) is 12.1 Å². The first-order chi connectivity index (χ1) is 12.2. The molecule has 0 saturated heterocycles. The highest BCUT2D eigenvalue weighted by atomic mass is 16.5. The highest BCUT2D eigenvalue weighted by molar-refractivity contribution is 5.89. The van der Waals surface area contributed by atoms with Crippen molar-refractivity contribution in [2.45, 2.75) is 64.2 Å². The molecule has 0 radical (unpaired) electrons. The molecule has 1 atom stereocenters. The molecule has 1 aliphatic carbocycles. The Kier molecular flexibility index (Phi) is 4.72. The summed E-state index contributed by atoms with van der Waals surface area (Å²) in [5, 5.41) is 0. The topological polar surface area (TPSA) is 26.3 Å². The summed E-state index contributed by atoms with van der Waals surface area (Å²) in [6.07, 6.45) is 2.44. The Morgan fingerprint density at radius 3 is 2.19 bits per heavy atom. The van der Waals surface area contributed by atoms with E-state index in [1.165, 1.54) is 36.6 Å². The zero-order valence-corrected chi connectivity index (χ0v) is 16.8. The number of methoxy groups -OCH3 is 1. The second-order valence-electron chi connectivity index (χ2n) is 8.91. The molecule has 0 saturated carbocycles.